The van der Waals surface area contributed by atoms with Gasteiger partial charge in [-0.3, -0.25) is 4.79 Å². The second kappa shape index (κ2) is 6.56. The summed E-state index contributed by atoms with van der Waals surface area (Å²) in [5, 5.41) is 6.11. The fourth-order valence-corrected chi connectivity index (χ4v) is 2.41. The van der Waals surface area contributed by atoms with Gasteiger partial charge in [0.15, 0.2) is 0 Å². The Morgan fingerprint density at radius 1 is 1.27 bits per heavy atom. The van der Waals surface area contributed by atoms with E-state index in [1.807, 2.05) is 0 Å². The molecule has 0 aromatic heterocycles. The van der Waals surface area contributed by atoms with Crippen LogP contribution < -0.4 is 15.4 Å². The minimum Gasteiger partial charge on any atom is -0.406 e. The Morgan fingerprint density at radius 3 is 2.41 bits per heavy atom. The number of hydrogen-bond acceptors (Lipinski definition) is 3. The predicted octanol–water partition coefficient (Wildman–Crippen LogP) is 2.70. The van der Waals surface area contributed by atoms with Gasteiger partial charge in [-0.25, -0.2) is 0 Å². The number of halogens is 3. The van der Waals surface area contributed by atoms with E-state index < -0.39 is 6.36 Å². The largest absolute Gasteiger partial charge is 0.573 e. The highest BCUT2D eigenvalue weighted by atomic mass is 19.4. The summed E-state index contributed by atoms with van der Waals surface area (Å²) in [7, 11) is 0. The van der Waals surface area contributed by atoms with Gasteiger partial charge < -0.3 is 15.4 Å². The molecule has 0 radical (unpaired) electrons. The number of ether oxygens (including phenoxy) is 1. The van der Waals surface area contributed by atoms with Crippen LogP contribution >= 0.6 is 0 Å². The van der Waals surface area contributed by atoms with Gasteiger partial charge in [0.25, 0.3) is 5.91 Å². The molecule has 7 heteroatoms. The highest BCUT2D eigenvalue weighted by molar-refractivity contribution is 5.94. The summed E-state index contributed by atoms with van der Waals surface area (Å²) in [6.07, 6.45) is -2.77. The number of piperidine rings is 1. The molecule has 0 atom stereocenters. The fraction of sp³-hybridized carbons (Fsp3) is 0.533. The Hall–Kier alpha value is -1.76. The standard InChI is InChI=1S/C15H19F3N2O2/c1-14(6-8-19-9-7-14)10-20-13(21)11-2-4-12(5-3-11)22-15(16,17)18/h2-5,19H,6-10H2,1H3,(H,20,21). The maximum atomic E-state index is 12.1. The molecule has 22 heavy (non-hydrogen) atoms. The monoisotopic (exact) mass is 316 g/mol. The van der Waals surface area contributed by atoms with Crippen LogP contribution in [0.3, 0.4) is 0 Å². The van der Waals surface area contributed by atoms with Gasteiger partial charge in [0.1, 0.15) is 5.75 Å². The van der Waals surface area contributed by atoms with Crippen LogP contribution in [-0.4, -0.2) is 31.9 Å². The van der Waals surface area contributed by atoms with Crippen LogP contribution in [0.15, 0.2) is 24.3 Å². The summed E-state index contributed by atoms with van der Waals surface area (Å²) in [6.45, 7) is 4.52. The van der Waals surface area contributed by atoms with E-state index in [1.165, 1.54) is 12.1 Å². The summed E-state index contributed by atoms with van der Waals surface area (Å²) >= 11 is 0. The normalized spacial score (nSPS) is 17.8. The molecule has 1 aromatic carbocycles. The molecule has 1 aliphatic heterocycles. The Bertz CT molecular complexity index is 509. The highest BCUT2D eigenvalue weighted by Crippen LogP contribution is 2.27. The molecule has 0 spiro atoms. The maximum Gasteiger partial charge on any atom is 0.573 e. The number of rotatable bonds is 4. The molecule has 0 unspecified atom stereocenters. The number of carbonyl (C=O) groups excluding carboxylic acids is 1. The molecule has 0 bridgehead atoms. The molecule has 1 fully saturated rings. The van der Waals surface area contributed by atoms with Gasteiger partial charge in [-0.05, 0) is 55.6 Å². The van der Waals surface area contributed by atoms with Crippen molar-refractivity contribution in [2.75, 3.05) is 19.6 Å². The SMILES string of the molecule is CC1(CNC(=O)c2ccc(OC(F)(F)F)cc2)CCNCC1. The van der Waals surface area contributed by atoms with E-state index in [0.717, 1.165) is 38.1 Å². The third-order valence-corrected chi connectivity index (χ3v) is 3.84. The first kappa shape index (κ1) is 16.6. The lowest BCUT2D eigenvalue weighted by Crippen LogP contribution is -2.42. The Labute approximate surface area is 127 Å². The van der Waals surface area contributed by atoms with Crippen molar-refractivity contribution >= 4 is 5.91 Å². The molecule has 1 aliphatic rings. The van der Waals surface area contributed by atoms with Gasteiger partial charge in [-0.1, -0.05) is 6.92 Å². The lowest BCUT2D eigenvalue weighted by Gasteiger charge is -2.34. The second-order valence-corrected chi connectivity index (χ2v) is 5.82. The summed E-state index contributed by atoms with van der Waals surface area (Å²) in [6, 6.07) is 4.91. The van der Waals surface area contributed by atoms with E-state index in [9.17, 15) is 18.0 Å². The molecule has 0 saturated carbocycles. The Kier molecular flexibility index (Phi) is 4.95. The van der Waals surface area contributed by atoms with Gasteiger partial charge in [-0.15, -0.1) is 13.2 Å². The molecule has 122 valence electrons. The van der Waals surface area contributed by atoms with Gasteiger partial charge >= 0.3 is 6.36 Å². The van der Waals surface area contributed by atoms with Crippen molar-refractivity contribution in [1.82, 2.24) is 10.6 Å². The number of alkyl halides is 3. The molecule has 1 amide bonds. The van der Waals surface area contributed by atoms with Crippen molar-refractivity contribution in [3.05, 3.63) is 29.8 Å². The zero-order chi connectivity index (χ0) is 16.2. The van der Waals surface area contributed by atoms with Gasteiger partial charge in [0.05, 0.1) is 0 Å². The van der Waals surface area contributed by atoms with Crippen molar-refractivity contribution in [2.45, 2.75) is 26.1 Å². The fourth-order valence-electron chi connectivity index (χ4n) is 2.41. The molecule has 1 aromatic rings. The molecule has 2 N–H and O–H groups in total. The van der Waals surface area contributed by atoms with Crippen LogP contribution in [0.5, 0.6) is 5.75 Å². The summed E-state index contributed by atoms with van der Waals surface area (Å²) in [5.74, 6) is -0.632. The zero-order valence-electron chi connectivity index (χ0n) is 12.3. The van der Waals surface area contributed by atoms with Gasteiger partial charge in [-0.2, -0.15) is 0 Å². The Balaban J connectivity index is 1.89. The average molecular weight is 316 g/mol. The molecular formula is C15H19F3N2O2. The van der Waals surface area contributed by atoms with Crippen LogP contribution in [0.4, 0.5) is 13.2 Å². The summed E-state index contributed by atoms with van der Waals surface area (Å²) in [4.78, 5) is 12.0. The van der Waals surface area contributed by atoms with E-state index in [0.29, 0.717) is 12.1 Å². The molecule has 0 aliphatic carbocycles. The number of carbonyl (C=O) groups is 1. The van der Waals surface area contributed by atoms with E-state index in [-0.39, 0.29) is 17.1 Å². The first-order valence-corrected chi connectivity index (χ1v) is 7.12. The third-order valence-electron chi connectivity index (χ3n) is 3.84. The number of hydrogen-bond donors (Lipinski definition) is 2. The lowest BCUT2D eigenvalue weighted by atomic mass is 9.81. The van der Waals surface area contributed by atoms with E-state index in [1.54, 1.807) is 0 Å². The van der Waals surface area contributed by atoms with Crippen molar-refractivity contribution < 1.29 is 22.7 Å². The first-order valence-electron chi connectivity index (χ1n) is 7.12. The predicted molar refractivity (Wildman–Crippen MR) is 75.7 cm³/mol. The molecule has 1 saturated heterocycles. The van der Waals surface area contributed by atoms with E-state index in [2.05, 4.69) is 22.3 Å². The van der Waals surface area contributed by atoms with Crippen LogP contribution in [0, 0.1) is 5.41 Å². The zero-order valence-corrected chi connectivity index (χ0v) is 12.3. The van der Waals surface area contributed by atoms with Gasteiger partial charge in [0.2, 0.25) is 0 Å². The second-order valence-electron chi connectivity index (χ2n) is 5.82. The van der Waals surface area contributed by atoms with Crippen molar-refractivity contribution in [3.63, 3.8) is 0 Å². The minimum absolute atomic E-state index is 0.0558. The third kappa shape index (κ3) is 4.91. The van der Waals surface area contributed by atoms with Crippen molar-refractivity contribution in [1.29, 1.82) is 0 Å². The summed E-state index contributed by atoms with van der Waals surface area (Å²) < 4.78 is 40.0. The number of amides is 1. The first-order chi connectivity index (χ1) is 10.3. The van der Waals surface area contributed by atoms with Crippen molar-refractivity contribution in [3.8, 4) is 5.75 Å². The van der Waals surface area contributed by atoms with Crippen LogP contribution in [0.1, 0.15) is 30.1 Å². The Morgan fingerprint density at radius 2 is 1.86 bits per heavy atom. The van der Waals surface area contributed by atoms with Crippen LogP contribution in [0.2, 0.25) is 0 Å². The average Bonchev–Trinajstić information content (AvgIpc) is 2.45. The molecule has 1 heterocycles. The summed E-state index contributed by atoms with van der Waals surface area (Å²) in [5.41, 5.74) is 0.368. The molecule has 2 rings (SSSR count). The van der Waals surface area contributed by atoms with Crippen LogP contribution in [-0.2, 0) is 0 Å². The topological polar surface area (TPSA) is 50.4 Å². The van der Waals surface area contributed by atoms with Crippen LogP contribution in [0.25, 0.3) is 0 Å². The highest BCUT2D eigenvalue weighted by Gasteiger charge is 2.31. The van der Waals surface area contributed by atoms with E-state index in [4.69, 9.17) is 0 Å². The van der Waals surface area contributed by atoms with Gasteiger partial charge in [0, 0.05) is 12.1 Å². The quantitative estimate of drug-likeness (QED) is 0.898. The van der Waals surface area contributed by atoms with E-state index >= 15 is 0 Å². The smallest absolute Gasteiger partial charge is 0.406 e. The minimum atomic E-state index is -4.73. The van der Waals surface area contributed by atoms with Crippen molar-refractivity contribution in [2.24, 2.45) is 5.41 Å². The molecular weight excluding hydrogens is 297 g/mol. The molecule has 4 nitrogen and oxygen atoms in total. The maximum absolute atomic E-state index is 12.1. The lowest BCUT2D eigenvalue weighted by molar-refractivity contribution is -0.274. The number of nitrogens with one attached hydrogen (secondary N) is 2. The number of benzene rings is 1.